The molecule has 1 amide bonds. The Hall–Kier alpha value is -3.26. The van der Waals surface area contributed by atoms with Crippen LogP contribution in [0.25, 0.3) is 11.3 Å². The van der Waals surface area contributed by atoms with E-state index in [4.69, 9.17) is 15.4 Å². The van der Waals surface area contributed by atoms with Crippen LogP contribution in [0.3, 0.4) is 0 Å². The van der Waals surface area contributed by atoms with Gasteiger partial charge in [-0.05, 0) is 42.8 Å². The van der Waals surface area contributed by atoms with Crippen LogP contribution in [0.15, 0.2) is 53.1 Å². The third-order valence-corrected chi connectivity index (χ3v) is 3.84. The molecule has 114 valence electrons. The Balaban J connectivity index is 2.12. The van der Waals surface area contributed by atoms with Crippen molar-refractivity contribution in [3.8, 4) is 17.3 Å². The topological polar surface area (TPSA) is 85.0 Å². The molecule has 3 rings (SSSR count). The zero-order valence-electron chi connectivity index (χ0n) is 12.6. The van der Waals surface area contributed by atoms with Crippen LogP contribution in [0.1, 0.15) is 27.4 Å². The number of aromatic nitrogens is 1. The SMILES string of the molecule is Cc1c(C(N)=O)cc(-c2ccc(C#N)cc2)n1Cc1ccco1. The molecular weight excluding hydrogens is 290 g/mol. The van der Waals surface area contributed by atoms with Crippen molar-refractivity contribution >= 4 is 5.91 Å². The van der Waals surface area contributed by atoms with Crippen LogP contribution in [-0.4, -0.2) is 10.5 Å². The number of furan rings is 1. The van der Waals surface area contributed by atoms with E-state index in [0.717, 1.165) is 22.7 Å². The highest BCUT2D eigenvalue weighted by molar-refractivity contribution is 5.95. The van der Waals surface area contributed by atoms with E-state index in [0.29, 0.717) is 17.7 Å². The lowest BCUT2D eigenvalue weighted by molar-refractivity contribution is 0.0999. The highest BCUT2D eigenvalue weighted by Crippen LogP contribution is 2.27. The van der Waals surface area contributed by atoms with Gasteiger partial charge < -0.3 is 14.7 Å². The predicted octanol–water partition coefficient (Wildman–Crippen LogP) is 3.08. The molecule has 0 unspecified atom stereocenters. The summed E-state index contributed by atoms with van der Waals surface area (Å²) in [7, 11) is 0. The first kappa shape index (κ1) is 14.7. The minimum atomic E-state index is -0.462. The number of nitrogens with zero attached hydrogens (tertiary/aromatic N) is 2. The molecule has 0 aliphatic heterocycles. The number of amides is 1. The molecule has 3 aromatic rings. The van der Waals surface area contributed by atoms with Gasteiger partial charge in [-0.2, -0.15) is 5.26 Å². The molecule has 0 saturated heterocycles. The van der Waals surface area contributed by atoms with Crippen LogP contribution in [0.5, 0.6) is 0 Å². The molecule has 0 aliphatic rings. The zero-order chi connectivity index (χ0) is 16.4. The van der Waals surface area contributed by atoms with Crippen molar-refractivity contribution in [2.24, 2.45) is 5.73 Å². The van der Waals surface area contributed by atoms with E-state index < -0.39 is 5.91 Å². The van der Waals surface area contributed by atoms with Crippen molar-refractivity contribution in [2.45, 2.75) is 13.5 Å². The van der Waals surface area contributed by atoms with Gasteiger partial charge in [0.1, 0.15) is 5.76 Å². The summed E-state index contributed by atoms with van der Waals surface area (Å²) in [4.78, 5) is 11.7. The zero-order valence-corrected chi connectivity index (χ0v) is 12.6. The Morgan fingerprint density at radius 1 is 1.30 bits per heavy atom. The summed E-state index contributed by atoms with van der Waals surface area (Å²) in [6, 6.07) is 14.8. The van der Waals surface area contributed by atoms with Gasteiger partial charge in [0, 0.05) is 11.4 Å². The molecule has 5 heteroatoms. The van der Waals surface area contributed by atoms with Crippen LogP contribution < -0.4 is 5.73 Å². The Kier molecular flexibility index (Phi) is 3.73. The molecular formula is C18H15N3O2. The number of carbonyl (C=O) groups is 1. The number of primary amides is 1. The monoisotopic (exact) mass is 305 g/mol. The average molecular weight is 305 g/mol. The van der Waals surface area contributed by atoms with Crippen LogP contribution in [0.2, 0.25) is 0 Å². The lowest BCUT2D eigenvalue weighted by Crippen LogP contribution is -2.12. The second kappa shape index (κ2) is 5.85. The predicted molar refractivity (Wildman–Crippen MR) is 85.6 cm³/mol. The smallest absolute Gasteiger partial charge is 0.250 e. The van der Waals surface area contributed by atoms with Gasteiger partial charge in [-0.1, -0.05) is 12.1 Å². The van der Waals surface area contributed by atoms with Crippen LogP contribution in [0.4, 0.5) is 0 Å². The number of benzene rings is 1. The Morgan fingerprint density at radius 2 is 2.04 bits per heavy atom. The van der Waals surface area contributed by atoms with E-state index in [1.807, 2.05) is 35.8 Å². The number of hydrogen-bond acceptors (Lipinski definition) is 3. The molecule has 0 bridgehead atoms. The molecule has 2 heterocycles. The maximum Gasteiger partial charge on any atom is 0.250 e. The van der Waals surface area contributed by atoms with Gasteiger partial charge in [-0.25, -0.2) is 0 Å². The molecule has 0 aliphatic carbocycles. The molecule has 0 atom stereocenters. The molecule has 2 aromatic heterocycles. The van der Waals surface area contributed by atoms with Gasteiger partial charge >= 0.3 is 0 Å². The van der Waals surface area contributed by atoms with E-state index in [-0.39, 0.29) is 0 Å². The second-order valence-corrected chi connectivity index (χ2v) is 5.25. The second-order valence-electron chi connectivity index (χ2n) is 5.25. The minimum absolute atomic E-state index is 0.462. The van der Waals surface area contributed by atoms with Crippen molar-refractivity contribution in [1.82, 2.24) is 4.57 Å². The molecule has 1 aromatic carbocycles. The molecule has 0 saturated carbocycles. The average Bonchev–Trinajstić information content (AvgIpc) is 3.17. The lowest BCUT2D eigenvalue weighted by Gasteiger charge is -2.10. The first-order chi connectivity index (χ1) is 11.1. The molecule has 5 nitrogen and oxygen atoms in total. The van der Waals surface area contributed by atoms with Crippen molar-refractivity contribution in [1.29, 1.82) is 5.26 Å². The molecule has 0 radical (unpaired) electrons. The van der Waals surface area contributed by atoms with Crippen molar-refractivity contribution in [3.05, 3.63) is 71.3 Å². The van der Waals surface area contributed by atoms with Gasteiger partial charge in [0.15, 0.2) is 0 Å². The number of carbonyl (C=O) groups excluding carboxylic acids is 1. The number of rotatable bonds is 4. The molecule has 0 fully saturated rings. The summed E-state index contributed by atoms with van der Waals surface area (Å²) < 4.78 is 7.40. The minimum Gasteiger partial charge on any atom is -0.467 e. The maximum atomic E-state index is 11.7. The summed E-state index contributed by atoms with van der Waals surface area (Å²) in [5, 5.41) is 8.92. The normalized spacial score (nSPS) is 10.4. The number of nitriles is 1. The first-order valence-electron chi connectivity index (χ1n) is 7.13. The van der Waals surface area contributed by atoms with Gasteiger partial charge in [0.05, 0.1) is 30.0 Å². The quantitative estimate of drug-likeness (QED) is 0.803. The Morgan fingerprint density at radius 3 is 2.61 bits per heavy atom. The molecule has 0 spiro atoms. The summed E-state index contributed by atoms with van der Waals surface area (Å²) in [6.07, 6.45) is 1.62. The summed E-state index contributed by atoms with van der Waals surface area (Å²) >= 11 is 0. The molecule has 2 N–H and O–H groups in total. The first-order valence-corrected chi connectivity index (χ1v) is 7.13. The summed E-state index contributed by atoms with van der Waals surface area (Å²) in [5.41, 5.74) is 9.10. The van der Waals surface area contributed by atoms with E-state index in [9.17, 15) is 4.79 Å². The van der Waals surface area contributed by atoms with Crippen molar-refractivity contribution in [2.75, 3.05) is 0 Å². The third kappa shape index (κ3) is 2.74. The fourth-order valence-electron chi connectivity index (χ4n) is 2.61. The fraction of sp³-hybridized carbons (Fsp3) is 0.111. The van der Waals surface area contributed by atoms with Gasteiger partial charge in [-0.3, -0.25) is 4.79 Å². The van der Waals surface area contributed by atoms with E-state index in [1.165, 1.54) is 0 Å². The number of hydrogen-bond donors (Lipinski definition) is 1. The number of nitrogens with two attached hydrogens (primary N) is 1. The van der Waals surface area contributed by atoms with Crippen LogP contribution in [0, 0.1) is 18.3 Å². The van der Waals surface area contributed by atoms with Gasteiger partial charge in [-0.15, -0.1) is 0 Å². The van der Waals surface area contributed by atoms with Gasteiger partial charge in [0.25, 0.3) is 5.91 Å². The fourth-order valence-corrected chi connectivity index (χ4v) is 2.61. The lowest BCUT2D eigenvalue weighted by atomic mass is 10.1. The van der Waals surface area contributed by atoms with E-state index in [2.05, 4.69) is 6.07 Å². The Bertz CT molecular complexity index is 882. The van der Waals surface area contributed by atoms with Crippen molar-refractivity contribution < 1.29 is 9.21 Å². The van der Waals surface area contributed by atoms with Crippen LogP contribution >= 0.6 is 0 Å². The highest BCUT2D eigenvalue weighted by Gasteiger charge is 2.17. The van der Waals surface area contributed by atoms with Crippen molar-refractivity contribution in [3.63, 3.8) is 0 Å². The third-order valence-electron chi connectivity index (χ3n) is 3.84. The van der Waals surface area contributed by atoms with E-state index >= 15 is 0 Å². The van der Waals surface area contributed by atoms with Crippen LogP contribution in [-0.2, 0) is 6.54 Å². The maximum absolute atomic E-state index is 11.7. The standard InChI is InChI=1S/C18H15N3O2/c1-12-16(18(20)22)9-17(14-6-4-13(10-19)5-7-14)21(12)11-15-3-2-8-23-15/h2-9H,11H2,1H3,(H2,20,22). The highest BCUT2D eigenvalue weighted by atomic mass is 16.3. The molecule has 23 heavy (non-hydrogen) atoms. The summed E-state index contributed by atoms with van der Waals surface area (Å²) in [6.45, 7) is 2.36. The largest absolute Gasteiger partial charge is 0.467 e. The Labute approximate surface area is 133 Å². The van der Waals surface area contributed by atoms with Gasteiger partial charge in [0.2, 0.25) is 0 Å². The summed E-state index contributed by atoms with van der Waals surface area (Å²) in [5.74, 6) is 0.324. The van der Waals surface area contributed by atoms with E-state index in [1.54, 1.807) is 24.5 Å².